The maximum atomic E-state index is 11.4. The molecule has 1 amide bonds. The van der Waals surface area contributed by atoms with Gasteiger partial charge in [0.1, 0.15) is 0 Å². The van der Waals surface area contributed by atoms with E-state index in [9.17, 15) is 4.79 Å². The van der Waals surface area contributed by atoms with Crippen molar-refractivity contribution in [2.24, 2.45) is 0 Å². The smallest absolute Gasteiger partial charge is 0.243 e. The van der Waals surface area contributed by atoms with Gasteiger partial charge in [-0.25, -0.2) is 0 Å². The van der Waals surface area contributed by atoms with Gasteiger partial charge in [0.2, 0.25) is 5.91 Å². The van der Waals surface area contributed by atoms with E-state index < -0.39 is 0 Å². The molecule has 1 N–H and O–H groups in total. The summed E-state index contributed by atoms with van der Waals surface area (Å²) in [5.74, 6) is -0.111. The van der Waals surface area contributed by atoms with Crippen molar-refractivity contribution in [3.05, 3.63) is 48.0 Å². The maximum absolute atomic E-state index is 11.4. The van der Waals surface area contributed by atoms with Gasteiger partial charge in [0, 0.05) is 0 Å². The number of hydrogen-bond acceptors (Lipinski definition) is 1. The molecule has 1 unspecified atom stereocenters. The van der Waals surface area contributed by atoms with E-state index in [0.29, 0.717) is 0 Å². The van der Waals surface area contributed by atoms with Crippen molar-refractivity contribution in [2.45, 2.75) is 25.5 Å². The average molecular weight is 263 g/mol. The molecule has 0 aromatic heterocycles. The topological polar surface area (TPSA) is 29.1 Å². The van der Waals surface area contributed by atoms with Crippen LogP contribution in [-0.2, 0) is 11.0 Å². The molecular weight excluding hydrogens is 241 g/mol. The second kappa shape index (κ2) is 7.33. The average Bonchev–Trinajstić information content (AvgIpc) is 2.35. The Morgan fingerprint density at radius 1 is 1.50 bits per heavy atom. The van der Waals surface area contributed by atoms with Gasteiger partial charge in [0.25, 0.3) is 0 Å². The quantitative estimate of drug-likeness (QED) is 0.615. The maximum Gasteiger partial charge on any atom is 0.243 e. The molecule has 1 aromatic rings. The number of benzene rings is 1. The van der Waals surface area contributed by atoms with Gasteiger partial charge in [0.05, 0.1) is 6.04 Å². The van der Waals surface area contributed by atoms with Gasteiger partial charge in [-0.1, -0.05) is 37.8 Å². The third-order valence-corrected chi connectivity index (χ3v) is 3.76. The van der Waals surface area contributed by atoms with Crippen LogP contribution in [0, 0.1) is 0 Å². The molecule has 0 aliphatic heterocycles. The van der Waals surface area contributed by atoms with E-state index in [1.165, 1.54) is 17.2 Å². The fraction of sp³-hybridized carbons (Fsp3) is 0.400. The van der Waals surface area contributed by atoms with E-state index in [2.05, 4.69) is 56.4 Å². The molecule has 0 fully saturated rings. The molecule has 1 rings (SSSR count). The standard InChI is InChI=1S/C15H22NOP/c1-5-14(16-15(17)6-2)13-9-7-8-12(10-13)11-18(3)4/h6-10,14H,2,5,11H2,1,3-4H3,(H,16,17). The van der Waals surface area contributed by atoms with Crippen molar-refractivity contribution in [1.82, 2.24) is 5.32 Å². The van der Waals surface area contributed by atoms with E-state index in [-0.39, 0.29) is 19.9 Å². The van der Waals surface area contributed by atoms with Crippen molar-refractivity contribution in [3.63, 3.8) is 0 Å². The number of amides is 1. The Hall–Kier alpha value is -1.14. The molecule has 0 heterocycles. The van der Waals surface area contributed by atoms with Crippen LogP contribution >= 0.6 is 7.92 Å². The summed E-state index contributed by atoms with van der Waals surface area (Å²) in [5, 5.41) is 2.96. The number of carbonyl (C=O) groups is 1. The van der Waals surface area contributed by atoms with Gasteiger partial charge in [-0.05, 0) is 43.1 Å². The number of nitrogens with one attached hydrogen (secondary N) is 1. The zero-order valence-corrected chi connectivity index (χ0v) is 12.3. The van der Waals surface area contributed by atoms with Gasteiger partial charge in [0.15, 0.2) is 0 Å². The number of carbonyl (C=O) groups excluding carboxylic acids is 1. The summed E-state index contributed by atoms with van der Waals surface area (Å²) in [6, 6.07) is 8.60. The van der Waals surface area contributed by atoms with Crippen LogP contribution in [0.3, 0.4) is 0 Å². The SMILES string of the molecule is C=CC(=O)NC(CC)c1cccc(CP(C)C)c1. The summed E-state index contributed by atoms with van der Waals surface area (Å²) < 4.78 is 0. The molecule has 0 saturated carbocycles. The highest BCUT2D eigenvalue weighted by atomic mass is 31.1. The van der Waals surface area contributed by atoms with E-state index >= 15 is 0 Å². The first-order valence-electron chi connectivity index (χ1n) is 6.23. The molecule has 2 nitrogen and oxygen atoms in total. The minimum atomic E-state index is -0.111. The highest BCUT2D eigenvalue weighted by Gasteiger charge is 2.11. The van der Waals surface area contributed by atoms with Crippen LogP contribution in [0.15, 0.2) is 36.9 Å². The predicted molar refractivity (Wildman–Crippen MR) is 80.3 cm³/mol. The van der Waals surface area contributed by atoms with Gasteiger partial charge < -0.3 is 5.32 Å². The van der Waals surface area contributed by atoms with E-state index in [4.69, 9.17) is 0 Å². The van der Waals surface area contributed by atoms with Crippen LogP contribution in [0.2, 0.25) is 0 Å². The van der Waals surface area contributed by atoms with Crippen molar-refractivity contribution >= 4 is 13.8 Å². The first-order chi connectivity index (χ1) is 8.56. The van der Waals surface area contributed by atoms with Crippen LogP contribution in [0.4, 0.5) is 0 Å². The molecule has 0 aliphatic rings. The first-order valence-corrected chi connectivity index (χ1v) is 8.65. The van der Waals surface area contributed by atoms with Crippen molar-refractivity contribution in [2.75, 3.05) is 13.3 Å². The largest absolute Gasteiger partial charge is 0.346 e. The molecule has 3 heteroatoms. The summed E-state index contributed by atoms with van der Waals surface area (Å²) >= 11 is 0. The van der Waals surface area contributed by atoms with Gasteiger partial charge in [-0.3, -0.25) is 4.79 Å². The Kier molecular flexibility index (Phi) is 6.07. The highest BCUT2D eigenvalue weighted by molar-refractivity contribution is 7.55. The lowest BCUT2D eigenvalue weighted by Gasteiger charge is -2.17. The van der Waals surface area contributed by atoms with Crippen LogP contribution in [0.1, 0.15) is 30.5 Å². The summed E-state index contributed by atoms with van der Waals surface area (Å²) in [5.41, 5.74) is 2.54. The molecule has 0 radical (unpaired) electrons. The Morgan fingerprint density at radius 3 is 2.78 bits per heavy atom. The summed E-state index contributed by atoms with van der Waals surface area (Å²) in [6.45, 7) is 10.1. The molecule has 1 atom stereocenters. The Labute approximate surface area is 111 Å². The lowest BCUT2D eigenvalue weighted by atomic mass is 10.0. The predicted octanol–water partition coefficient (Wildman–Crippen LogP) is 3.68. The highest BCUT2D eigenvalue weighted by Crippen LogP contribution is 2.31. The van der Waals surface area contributed by atoms with Crippen LogP contribution < -0.4 is 5.32 Å². The fourth-order valence-corrected chi connectivity index (χ4v) is 2.85. The molecule has 0 saturated heterocycles. The Bertz CT molecular complexity index is 415. The normalized spacial score (nSPS) is 12.2. The molecule has 98 valence electrons. The molecule has 1 aromatic carbocycles. The van der Waals surface area contributed by atoms with Crippen LogP contribution in [0.25, 0.3) is 0 Å². The van der Waals surface area contributed by atoms with Gasteiger partial charge in [-0.15, -0.1) is 7.92 Å². The van der Waals surface area contributed by atoms with E-state index in [0.717, 1.165) is 12.6 Å². The number of rotatable bonds is 6. The van der Waals surface area contributed by atoms with Crippen molar-refractivity contribution < 1.29 is 4.79 Å². The Balaban J connectivity index is 2.85. The second-order valence-corrected chi connectivity index (χ2v) is 7.13. The monoisotopic (exact) mass is 263 g/mol. The zero-order valence-electron chi connectivity index (χ0n) is 11.4. The third kappa shape index (κ3) is 4.62. The minimum absolute atomic E-state index is 0.0640. The van der Waals surface area contributed by atoms with Gasteiger partial charge >= 0.3 is 0 Å². The lowest BCUT2D eigenvalue weighted by molar-refractivity contribution is -0.117. The van der Waals surface area contributed by atoms with Crippen molar-refractivity contribution in [3.8, 4) is 0 Å². The van der Waals surface area contributed by atoms with Crippen molar-refractivity contribution in [1.29, 1.82) is 0 Å². The van der Waals surface area contributed by atoms with Crippen LogP contribution in [0.5, 0.6) is 0 Å². The lowest BCUT2D eigenvalue weighted by Crippen LogP contribution is -2.26. The summed E-state index contributed by atoms with van der Waals surface area (Å²) in [6.07, 6.45) is 3.34. The second-order valence-electron chi connectivity index (χ2n) is 4.66. The molecule has 18 heavy (non-hydrogen) atoms. The van der Waals surface area contributed by atoms with Crippen LogP contribution in [-0.4, -0.2) is 19.2 Å². The Morgan fingerprint density at radius 2 is 2.22 bits per heavy atom. The minimum Gasteiger partial charge on any atom is -0.346 e. The molecule has 0 spiro atoms. The molecular formula is C15H22NOP. The third-order valence-electron chi connectivity index (χ3n) is 2.76. The fourth-order valence-electron chi connectivity index (χ4n) is 1.93. The summed E-state index contributed by atoms with van der Waals surface area (Å²) in [7, 11) is 0.0640. The number of hydrogen-bond donors (Lipinski definition) is 1. The van der Waals surface area contributed by atoms with Gasteiger partial charge in [-0.2, -0.15) is 0 Å². The van der Waals surface area contributed by atoms with E-state index in [1.54, 1.807) is 0 Å². The molecule has 0 aliphatic carbocycles. The van der Waals surface area contributed by atoms with E-state index in [1.807, 2.05) is 0 Å². The molecule has 0 bridgehead atoms. The zero-order chi connectivity index (χ0) is 13.5. The summed E-state index contributed by atoms with van der Waals surface area (Å²) in [4.78, 5) is 11.4. The first kappa shape index (κ1) is 14.9.